The third-order valence-corrected chi connectivity index (χ3v) is 4.73. The van der Waals surface area contributed by atoms with E-state index < -0.39 is 12.0 Å². The van der Waals surface area contributed by atoms with Gasteiger partial charge in [-0.2, -0.15) is 0 Å². The fourth-order valence-corrected chi connectivity index (χ4v) is 2.95. The predicted octanol–water partition coefficient (Wildman–Crippen LogP) is 2.47. The van der Waals surface area contributed by atoms with Crippen LogP contribution >= 0.6 is 11.3 Å². The molecule has 0 fully saturated rings. The van der Waals surface area contributed by atoms with Gasteiger partial charge in [0, 0.05) is 13.6 Å². The van der Waals surface area contributed by atoms with Crippen molar-refractivity contribution >= 4 is 29.1 Å². The van der Waals surface area contributed by atoms with Gasteiger partial charge in [0.2, 0.25) is 0 Å². The number of nitrogens with one attached hydrogen (secondary N) is 1. The number of nitrogens with zero attached hydrogens (tertiary/aromatic N) is 1. The molecule has 1 aromatic carbocycles. The minimum absolute atomic E-state index is 0.334. The molecule has 1 atom stereocenters. The van der Waals surface area contributed by atoms with Gasteiger partial charge in [0.25, 0.3) is 11.8 Å². The van der Waals surface area contributed by atoms with E-state index in [0.29, 0.717) is 18.0 Å². The largest absolute Gasteiger partial charge is 0.494 e. The second-order valence-corrected chi connectivity index (χ2v) is 7.05. The van der Waals surface area contributed by atoms with Gasteiger partial charge in [-0.3, -0.25) is 9.59 Å². The number of thiophene rings is 1. The smallest absolute Gasteiger partial charge is 0.328 e. The van der Waals surface area contributed by atoms with Gasteiger partial charge in [-0.15, -0.1) is 11.3 Å². The second kappa shape index (κ2) is 10.5. The highest BCUT2D eigenvalue weighted by Crippen LogP contribution is 2.13. The fraction of sp³-hybridized carbons (Fsp3) is 0.350. The van der Waals surface area contributed by atoms with Crippen LogP contribution in [0.5, 0.6) is 5.75 Å². The van der Waals surface area contributed by atoms with Gasteiger partial charge >= 0.3 is 5.97 Å². The molecule has 7 nitrogen and oxygen atoms in total. The normalized spacial score (nSPS) is 11.4. The molecule has 2 rings (SSSR count). The summed E-state index contributed by atoms with van der Waals surface area (Å²) in [6, 6.07) is 10.0. The van der Waals surface area contributed by atoms with Gasteiger partial charge in [-0.25, -0.2) is 4.79 Å². The lowest BCUT2D eigenvalue weighted by molar-refractivity contribution is -0.153. The van der Waals surface area contributed by atoms with E-state index in [1.165, 1.54) is 23.2 Å². The van der Waals surface area contributed by atoms with Crippen molar-refractivity contribution in [3.05, 3.63) is 52.2 Å². The molecule has 8 heteroatoms. The molecule has 150 valence electrons. The van der Waals surface area contributed by atoms with Gasteiger partial charge in [0.15, 0.2) is 6.61 Å². The van der Waals surface area contributed by atoms with E-state index in [-0.39, 0.29) is 18.4 Å². The Morgan fingerprint density at radius 3 is 2.50 bits per heavy atom. The maximum absolute atomic E-state index is 12.2. The SMILES string of the molecule is CCOc1ccc(CN(C)C(=O)COC(=O)C(C)NC(=O)c2cccs2)cc1. The van der Waals surface area contributed by atoms with E-state index in [2.05, 4.69) is 5.32 Å². The maximum atomic E-state index is 12.2. The first-order valence-electron chi connectivity index (χ1n) is 8.87. The quantitative estimate of drug-likeness (QED) is 0.649. The topological polar surface area (TPSA) is 84.9 Å². The number of esters is 1. The Labute approximate surface area is 168 Å². The molecule has 0 aliphatic rings. The molecule has 1 unspecified atom stereocenters. The number of hydrogen-bond donors (Lipinski definition) is 1. The molecular formula is C20H24N2O5S. The van der Waals surface area contributed by atoms with Crippen LogP contribution in [0.4, 0.5) is 0 Å². The summed E-state index contributed by atoms with van der Waals surface area (Å²) in [7, 11) is 1.63. The molecular weight excluding hydrogens is 380 g/mol. The zero-order valence-electron chi connectivity index (χ0n) is 16.1. The van der Waals surface area contributed by atoms with Crippen LogP contribution in [0, 0.1) is 0 Å². The summed E-state index contributed by atoms with van der Waals surface area (Å²) in [6.07, 6.45) is 0. The molecule has 1 heterocycles. The van der Waals surface area contributed by atoms with E-state index in [1.807, 2.05) is 31.2 Å². The van der Waals surface area contributed by atoms with Crippen molar-refractivity contribution < 1.29 is 23.9 Å². The van der Waals surface area contributed by atoms with Crippen molar-refractivity contribution in [2.75, 3.05) is 20.3 Å². The number of carbonyl (C=O) groups excluding carboxylic acids is 3. The summed E-state index contributed by atoms with van der Waals surface area (Å²) in [5.74, 6) is -0.571. The summed E-state index contributed by atoms with van der Waals surface area (Å²) < 4.78 is 10.4. The van der Waals surface area contributed by atoms with Crippen LogP contribution in [0.15, 0.2) is 41.8 Å². The summed E-state index contributed by atoms with van der Waals surface area (Å²) in [4.78, 5) is 38.1. The molecule has 2 amide bonds. The predicted molar refractivity (Wildman–Crippen MR) is 106 cm³/mol. The standard InChI is InChI=1S/C20H24N2O5S/c1-4-26-16-9-7-15(8-10-16)12-22(3)18(23)13-27-20(25)14(2)21-19(24)17-6-5-11-28-17/h5-11,14H,4,12-13H2,1-3H3,(H,21,24). The minimum Gasteiger partial charge on any atom is -0.494 e. The lowest BCUT2D eigenvalue weighted by Gasteiger charge is -2.18. The van der Waals surface area contributed by atoms with Crippen LogP contribution in [0.3, 0.4) is 0 Å². The average Bonchev–Trinajstić information content (AvgIpc) is 3.22. The summed E-state index contributed by atoms with van der Waals surface area (Å²) in [5.41, 5.74) is 0.933. The van der Waals surface area contributed by atoms with Crippen molar-refractivity contribution in [1.82, 2.24) is 10.2 Å². The fourth-order valence-electron chi connectivity index (χ4n) is 2.32. The van der Waals surface area contributed by atoms with Gasteiger partial charge < -0.3 is 19.7 Å². The van der Waals surface area contributed by atoms with Crippen molar-refractivity contribution in [2.24, 2.45) is 0 Å². The second-order valence-electron chi connectivity index (χ2n) is 6.11. The number of likely N-dealkylation sites (N-methyl/N-ethyl adjacent to an activating group) is 1. The number of benzene rings is 1. The van der Waals surface area contributed by atoms with Crippen LogP contribution in [-0.4, -0.2) is 49.0 Å². The average molecular weight is 404 g/mol. The molecule has 2 aromatic rings. The Bertz CT molecular complexity index is 789. The molecule has 0 aliphatic carbocycles. The highest BCUT2D eigenvalue weighted by molar-refractivity contribution is 7.12. The molecule has 0 spiro atoms. The number of rotatable bonds is 9. The van der Waals surface area contributed by atoms with Gasteiger partial charge in [-0.05, 0) is 43.0 Å². The van der Waals surface area contributed by atoms with Crippen LogP contribution in [0.25, 0.3) is 0 Å². The third kappa shape index (κ3) is 6.38. The summed E-state index contributed by atoms with van der Waals surface area (Å²) in [5, 5.41) is 4.33. The first-order valence-corrected chi connectivity index (χ1v) is 9.75. The van der Waals surface area contributed by atoms with Crippen molar-refractivity contribution in [3.8, 4) is 5.75 Å². The van der Waals surface area contributed by atoms with E-state index >= 15 is 0 Å². The number of ether oxygens (including phenoxy) is 2. The molecule has 28 heavy (non-hydrogen) atoms. The minimum atomic E-state index is -0.848. The summed E-state index contributed by atoms with van der Waals surface area (Å²) >= 11 is 1.28. The van der Waals surface area contributed by atoms with Crippen LogP contribution < -0.4 is 10.1 Å². The van der Waals surface area contributed by atoms with Crippen molar-refractivity contribution in [1.29, 1.82) is 0 Å². The van der Waals surface area contributed by atoms with Crippen molar-refractivity contribution in [3.63, 3.8) is 0 Å². The first kappa shape index (κ1) is 21.4. The van der Waals surface area contributed by atoms with E-state index in [9.17, 15) is 14.4 Å². The zero-order chi connectivity index (χ0) is 20.5. The Kier molecular flexibility index (Phi) is 8.01. The van der Waals surface area contributed by atoms with Crippen LogP contribution in [0.1, 0.15) is 29.1 Å². The van der Waals surface area contributed by atoms with E-state index in [1.54, 1.807) is 24.6 Å². The highest BCUT2D eigenvalue weighted by atomic mass is 32.1. The molecule has 0 bridgehead atoms. The molecule has 0 saturated heterocycles. The van der Waals surface area contributed by atoms with E-state index in [0.717, 1.165) is 11.3 Å². The van der Waals surface area contributed by atoms with Crippen LogP contribution in [-0.2, 0) is 20.9 Å². The molecule has 0 radical (unpaired) electrons. The highest BCUT2D eigenvalue weighted by Gasteiger charge is 2.20. The summed E-state index contributed by atoms with van der Waals surface area (Å²) in [6.45, 7) is 4.02. The molecule has 0 saturated carbocycles. The van der Waals surface area contributed by atoms with Gasteiger partial charge in [-0.1, -0.05) is 18.2 Å². The molecule has 0 aliphatic heterocycles. The first-order chi connectivity index (χ1) is 13.4. The molecule has 1 aromatic heterocycles. The Morgan fingerprint density at radius 1 is 1.18 bits per heavy atom. The van der Waals surface area contributed by atoms with Crippen LogP contribution in [0.2, 0.25) is 0 Å². The zero-order valence-corrected chi connectivity index (χ0v) is 17.0. The maximum Gasteiger partial charge on any atom is 0.328 e. The van der Waals surface area contributed by atoms with E-state index in [4.69, 9.17) is 9.47 Å². The number of hydrogen-bond acceptors (Lipinski definition) is 6. The van der Waals surface area contributed by atoms with Crippen molar-refractivity contribution in [2.45, 2.75) is 26.4 Å². The number of carbonyl (C=O) groups is 3. The molecule has 1 N–H and O–H groups in total. The lowest BCUT2D eigenvalue weighted by Crippen LogP contribution is -2.40. The lowest BCUT2D eigenvalue weighted by atomic mass is 10.2. The Hall–Kier alpha value is -2.87. The van der Waals surface area contributed by atoms with Gasteiger partial charge in [0.1, 0.15) is 11.8 Å². The number of amides is 2. The Balaban J connectivity index is 1.76. The van der Waals surface area contributed by atoms with Gasteiger partial charge in [0.05, 0.1) is 11.5 Å². The Morgan fingerprint density at radius 2 is 1.89 bits per heavy atom. The third-order valence-electron chi connectivity index (χ3n) is 3.86. The monoisotopic (exact) mass is 404 g/mol.